The van der Waals surface area contributed by atoms with Gasteiger partial charge in [-0.2, -0.15) is 0 Å². The van der Waals surface area contributed by atoms with Crippen molar-refractivity contribution in [2.75, 3.05) is 0 Å². The van der Waals surface area contributed by atoms with Crippen LogP contribution in [0.1, 0.15) is 16.7 Å². The van der Waals surface area contributed by atoms with Gasteiger partial charge < -0.3 is 5.11 Å². The fourth-order valence-corrected chi connectivity index (χ4v) is 3.80. The highest BCUT2D eigenvalue weighted by molar-refractivity contribution is 8.00. The monoisotopic (exact) mass is 299 g/mol. The highest BCUT2D eigenvalue weighted by Crippen LogP contribution is 2.31. The average molecular weight is 299 g/mol. The number of fused-ring (bicyclic) bond motifs is 1. The molecule has 0 saturated heterocycles. The number of hydrogen-bond acceptors (Lipinski definition) is 4. The Labute approximate surface area is 123 Å². The zero-order valence-corrected chi connectivity index (χ0v) is 11.9. The SMILES string of the molecule is O=S1(=O)C(c2ccccc2)=CN=Cc2cc(CO)ccc21. The molecule has 21 heavy (non-hydrogen) atoms. The van der Waals surface area contributed by atoms with Gasteiger partial charge in [0.05, 0.1) is 16.4 Å². The molecule has 0 unspecified atom stereocenters. The molecular weight excluding hydrogens is 286 g/mol. The Morgan fingerprint density at radius 3 is 2.52 bits per heavy atom. The van der Waals surface area contributed by atoms with E-state index in [0.29, 0.717) is 16.7 Å². The first-order chi connectivity index (χ1) is 10.1. The van der Waals surface area contributed by atoms with E-state index in [0.717, 1.165) is 0 Å². The average Bonchev–Trinajstić information content (AvgIpc) is 2.64. The molecule has 0 aliphatic carbocycles. The fraction of sp³-hybridized carbons (Fsp3) is 0.0625. The number of rotatable bonds is 2. The minimum absolute atomic E-state index is 0.139. The number of aliphatic hydroxyl groups is 1. The Balaban J connectivity index is 2.20. The summed E-state index contributed by atoms with van der Waals surface area (Å²) in [7, 11) is -3.64. The van der Waals surface area contributed by atoms with E-state index in [1.165, 1.54) is 18.5 Å². The standard InChI is InChI=1S/C16H13NO3S/c18-11-12-6-7-15-14(8-12)9-17-10-16(21(15,19)20)13-4-2-1-3-5-13/h1-10,18H,11H2. The van der Waals surface area contributed by atoms with Crippen LogP contribution in [0.15, 0.2) is 64.6 Å². The van der Waals surface area contributed by atoms with Crippen molar-refractivity contribution in [1.29, 1.82) is 0 Å². The smallest absolute Gasteiger partial charge is 0.209 e. The van der Waals surface area contributed by atoms with Crippen molar-refractivity contribution in [2.45, 2.75) is 11.5 Å². The van der Waals surface area contributed by atoms with E-state index in [1.807, 2.05) is 6.07 Å². The largest absolute Gasteiger partial charge is 0.392 e. The van der Waals surface area contributed by atoms with E-state index >= 15 is 0 Å². The maximum Gasteiger partial charge on any atom is 0.209 e. The number of hydrogen-bond donors (Lipinski definition) is 1. The maximum atomic E-state index is 12.8. The summed E-state index contributed by atoms with van der Waals surface area (Å²) in [5, 5.41) is 9.16. The van der Waals surface area contributed by atoms with Gasteiger partial charge in [-0.05, 0) is 23.3 Å². The number of sulfone groups is 1. The Bertz CT molecular complexity index is 837. The van der Waals surface area contributed by atoms with Crippen LogP contribution in [-0.4, -0.2) is 19.7 Å². The Kier molecular flexibility index (Phi) is 3.45. The fourth-order valence-electron chi connectivity index (χ4n) is 2.25. The molecule has 0 amide bonds. The van der Waals surface area contributed by atoms with Crippen molar-refractivity contribution in [1.82, 2.24) is 0 Å². The summed E-state index contributed by atoms with van der Waals surface area (Å²) in [5.74, 6) is 0. The van der Waals surface area contributed by atoms with Crippen molar-refractivity contribution in [3.05, 3.63) is 71.4 Å². The molecule has 0 bridgehead atoms. The lowest BCUT2D eigenvalue weighted by molar-refractivity contribution is 0.281. The molecule has 0 atom stereocenters. The molecule has 0 radical (unpaired) electrons. The summed E-state index contributed by atoms with van der Waals surface area (Å²) in [6.45, 7) is -0.139. The van der Waals surface area contributed by atoms with E-state index in [9.17, 15) is 8.42 Å². The van der Waals surface area contributed by atoms with E-state index < -0.39 is 9.84 Å². The third-order valence-corrected chi connectivity index (χ3v) is 5.17. The van der Waals surface area contributed by atoms with Gasteiger partial charge in [-0.1, -0.05) is 36.4 Å². The zero-order valence-electron chi connectivity index (χ0n) is 11.1. The second kappa shape index (κ2) is 5.27. The van der Waals surface area contributed by atoms with Crippen LogP contribution in [0.5, 0.6) is 0 Å². The van der Waals surface area contributed by atoms with Crippen molar-refractivity contribution >= 4 is 21.0 Å². The number of aliphatic imine (C=N–C) groups is 1. The molecule has 0 saturated carbocycles. The highest BCUT2D eigenvalue weighted by Gasteiger charge is 2.26. The van der Waals surface area contributed by atoms with E-state index in [4.69, 9.17) is 5.11 Å². The first-order valence-corrected chi connectivity index (χ1v) is 7.89. The quantitative estimate of drug-likeness (QED) is 0.926. The van der Waals surface area contributed by atoms with Crippen molar-refractivity contribution < 1.29 is 13.5 Å². The first-order valence-electron chi connectivity index (χ1n) is 6.40. The number of aliphatic hydroxyl groups excluding tert-OH is 1. The van der Waals surface area contributed by atoms with Crippen LogP contribution in [0.3, 0.4) is 0 Å². The summed E-state index contributed by atoms with van der Waals surface area (Å²) >= 11 is 0. The Hall–Kier alpha value is -2.24. The predicted octanol–water partition coefficient (Wildman–Crippen LogP) is 2.38. The van der Waals surface area contributed by atoms with Crippen molar-refractivity contribution in [3.8, 4) is 0 Å². The Morgan fingerprint density at radius 1 is 1.05 bits per heavy atom. The molecule has 1 aliphatic rings. The van der Waals surface area contributed by atoms with Crippen LogP contribution in [-0.2, 0) is 16.4 Å². The third-order valence-electron chi connectivity index (χ3n) is 3.30. The normalized spacial score (nSPS) is 16.0. The molecule has 4 nitrogen and oxygen atoms in total. The van der Waals surface area contributed by atoms with Crippen molar-refractivity contribution in [2.24, 2.45) is 4.99 Å². The summed E-state index contributed by atoms with van der Waals surface area (Å²) in [6.07, 6.45) is 2.87. The molecule has 0 spiro atoms. The number of benzene rings is 2. The summed E-state index contributed by atoms with van der Waals surface area (Å²) in [5.41, 5.74) is 1.75. The summed E-state index contributed by atoms with van der Waals surface area (Å²) in [4.78, 5) is 4.47. The third kappa shape index (κ3) is 2.41. The summed E-state index contributed by atoms with van der Waals surface area (Å²) < 4.78 is 25.6. The molecule has 3 rings (SSSR count). The maximum absolute atomic E-state index is 12.8. The van der Waals surface area contributed by atoms with Gasteiger partial charge in [-0.25, -0.2) is 8.42 Å². The molecule has 2 aromatic rings. The second-order valence-corrected chi connectivity index (χ2v) is 6.56. The van der Waals surface area contributed by atoms with Gasteiger partial charge in [0, 0.05) is 18.0 Å². The molecule has 1 heterocycles. The van der Waals surface area contributed by atoms with Gasteiger partial charge in [-0.3, -0.25) is 4.99 Å². The van der Waals surface area contributed by atoms with Crippen LogP contribution in [0.25, 0.3) is 4.91 Å². The van der Waals surface area contributed by atoms with Gasteiger partial charge in [0.15, 0.2) is 0 Å². The van der Waals surface area contributed by atoms with E-state index in [1.54, 1.807) is 36.4 Å². The number of nitrogens with zero attached hydrogens (tertiary/aromatic N) is 1. The molecular formula is C16H13NO3S. The molecule has 1 N–H and O–H groups in total. The predicted molar refractivity (Wildman–Crippen MR) is 81.6 cm³/mol. The molecule has 106 valence electrons. The van der Waals surface area contributed by atoms with Crippen LogP contribution in [0.4, 0.5) is 0 Å². The van der Waals surface area contributed by atoms with Crippen LogP contribution >= 0.6 is 0 Å². The zero-order chi connectivity index (χ0) is 14.9. The van der Waals surface area contributed by atoms with Crippen molar-refractivity contribution in [3.63, 3.8) is 0 Å². The van der Waals surface area contributed by atoms with Gasteiger partial charge in [0.25, 0.3) is 0 Å². The first kappa shape index (κ1) is 13.7. The van der Waals surface area contributed by atoms with E-state index in [-0.39, 0.29) is 16.4 Å². The molecule has 0 aromatic heterocycles. The minimum atomic E-state index is -3.64. The molecule has 2 aromatic carbocycles. The molecule has 5 heteroatoms. The lowest BCUT2D eigenvalue weighted by Crippen LogP contribution is -2.06. The second-order valence-electron chi connectivity index (χ2n) is 4.67. The molecule has 1 aliphatic heterocycles. The van der Waals surface area contributed by atoms with E-state index in [2.05, 4.69) is 4.99 Å². The van der Waals surface area contributed by atoms with Crippen LogP contribution in [0, 0.1) is 0 Å². The van der Waals surface area contributed by atoms with Crippen LogP contribution in [0.2, 0.25) is 0 Å². The highest BCUT2D eigenvalue weighted by atomic mass is 32.2. The molecule has 0 fully saturated rings. The lowest BCUT2D eigenvalue weighted by atomic mass is 10.1. The van der Waals surface area contributed by atoms with Gasteiger partial charge in [0.1, 0.15) is 0 Å². The van der Waals surface area contributed by atoms with Gasteiger partial charge in [-0.15, -0.1) is 0 Å². The van der Waals surface area contributed by atoms with Crippen LogP contribution < -0.4 is 0 Å². The summed E-state index contributed by atoms with van der Waals surface area (Å²) in [6, 6.07) is 13.7. The Morgan fingerprint density at radius 2 is 1.81 bits per heavy atom. The topological polar surface area (TPSA) is 66.7 Å². The van der Waals surface area contributed by atoms with Gasteiger partial charge >= 0.3 is 0 Å². The lowest BCUT2D eigenvalue weighted by Gasteiger charge is -2.10. The minimum Gasteiger partial charge on any atom is -0.392 e. The van der Waals surface area contributed by atoms with Gasteiger partial charge in [0.2, 0.25) is 9.84 Å².